The quantitative estimate of drug-likeness (QED) is 0.774. The van der Waals surface area contributed by atoms with Gasteiger partial charge in [0.15, 0.2) is 6.61 Å². The van der Waals surface area contributed by atoms with Crippen LogP contribution >= 0.6 is 11.6 Å². The Morgan fingerprint density at radius 1 is 1.16 bits per heavy atom. The summed E-state index contributed by atoms with van der Waals surface area (Å²) in [7, 11) is -2.57. The van der Waals surface area contributed by atoms with Crippen LogP contribution in [0, 0.1) is 13.8 Å². The molecule has 2 aromatic rings. The maximum absolute atomic E-state index is 12.6. The predicted molar refractivity (Wildman–Crippen MR) is 95.7 cm³/mol. The molecule has 0 unspecified atom stereocenters. The molecule has 0 saturated carbocycles. The van der Waals surface area contributed by atoms with Gasteiger partial charge in [0.2, 0.25) is 0 Å². The maximum atomic E-state index is 12.6. The zero-order valence-corrected chi connectivity index (χ0v) is 15.6. The molecule has 0 aromatic heterocycles. The molecule has 0 spiro atoms. The minimum absolute atomic E-state index is 0.0103. The van der Waals surface area contributed by atoms with Crippen LogP contribution in [0.3, 0.4) is 0 Å². The number of ether oxygens (including phenoxy) is 2. The van der Waals surface area contributed by atoms with Crippen LogP contribution < -0.4 is 9.46 Å². The number of esters is 1. The van der Waals surface area contributed by atoms with E-state index in [0.29, 0.717) is 5.69 Å². The third-order valence-corrected chi connectivity index (χ3v) is 5.08. The first-order chi connectivity index (χ1) is 11.7. The van der Waals surface area contributed by atoms with Crippen LogP contribution in [-0.2, 0) is 19.6 Å². The molecule has 0 bridgehead atoms. The summed E-state index contributed by atoms with van der Waals surface area (Å²) < 4.78 is 37.3. The highest BCUT2D eigenvalue weighted by Crippen LogP contribution is 2.29. The Morgan fingerprint density at radius 2 is 1.88 bits per heavy atom. The zero-order chi connectivity index (χ0) is 18.6. The Bertz CT molecular complexity index is 896. The van der Waals surface area contributed by atoms with E-state index < -0.39 is 16.0 Å². The molecule has 0 amide bonds. The van der Waals surface area contributed by atoms with Crippen molar-refractivity contribution in [3.63, 3.8) is 0 Å². The van der Waals surface area contributed by atoms with Crippen molar-refractivity contribution in [1.29, 1.82) is 0 Å². The summed E-state index contributed by atoms with van der Waals surface area (Å²) in [5, 5.41) is 0.0766. The molecule has 0 radical (unpaired) electrons. The Kier molecular flexibility index (Phi) is 5.92. The van der Waals surface area contributed by atoms with Gasteiger partial charge < -0.3 is 9.47 Å². The topological polar surface area (TPSA) is 81.7 Å². The monoisotopic (exact) mass is 383 g/mol. The molecule has 0 aliphatic rings. The van der Waals surface area contributed by atoms with E-state index in [2.05, 4.69) is 9.46 Å². The molecule has 2 rings (SSSR count). The first-order valence-corrected chi connectivity index (χ1v) is 9.18. The first-order valence-electron chi connectivity index (χ1n) is 7.32. The SMILES string of the molecule is COC(=O)COc1ccc(S(=O)(=O)Nc2cc(C)ccc2C)cc1Cl. The summed E-state index contributed by atoms with van der Waals surface area (Å²) in [5.74, 6) is -0.373. The molecule has 134 valence electrons. The third-order valence-electron chi connectivity index (χ3n) is 3.42. The molecule has 0 fully saturated rings. The lowest BCUT2D eigenvalue weighted by atomic mass is 10.1. The van der Waals surface area contributed by atoms with Gasteiger partial charge in [-0.25, -0.2) is 13.2 Å². The lowest BCUT2D eigenvalue weighted by Crippen LogP contribution is -2.15. The summed E-state index contributed by atoms with van der Waals surface area (Å²) in [4.78, 5) is 11.1. The fraction of sp³-hybridized carbons (Fsp3) is 0.235. The molecule has 6 nitrogen and oxygen atoms in total. The van der Waals surface area contributed by atoms with Crippen molar-refractivity contribution in [1.82, 2.24) is 0 Å². The van der Waals surface area contributed by atoms with E-state index in [4.69, 9.17) is 16.3 Å². The standard InChI is InChI=1S/C17H18ClNO5S/c1-11-4-5-12(2)15(8-11)19-25(21,22)13-6-7-16(14(18)9-13)24-10-17(20)23-3/h4-9,19H,10H2,1-3H3. The summed E-state index contributed by atoms with van der Waals surface area (Å²) in [6.45, 7) is 3.37. The minimum atomic E-state index is -3.81. The van der Waals surface area contributed by atoms with Crippen LogP contribution in [0.2, 0.25) is 5.02 Å². The molecule has 0 aliphatic carbocycles. The molecule has 0 aliphatic heterocycles. The summed E-state index contributed by atoms with van der Waals surface area (Å²) in [5.41, 5.74) is 2.24. The summed E-state index contributed by atoms with van der Waals surface area (Å²) >= 11 is 6.05. The first kappa shape index (κ1) is 19.1. The van der Waals surface area contributed by atoms with Gasteiger partial charge in [0.25, 0.3) is 10.0 Å². The number of sulfonamides is 1. The van der Waals surface area contributed by atoms with Gasteiger partial charge in [-0.05, 0) is 49.2 Å². The molecule has 0 heterocycles. The molecule has 2 aromatic carbocycles. The van der Waals surface area contributed by atoms with Gasteiger partial charge in [-0.3, -0.25) is 4.72 Å². The average molecular weight is 384 g/mol. The molecule has 25 heavy (non-hydrogen) atoms. The normalized spacial score (nSPS) is 11.0. The molecular weight excluding hydrogens is 366 g/mol. The highest BCUT2D eigenvalue weighted by Gasteiger charge is 2.18. The zero-order valence-electron chi connectivity index (χ0n) is 14.0. The van der Waals surface area contributed by atoms with E-state index >= 15 is 0 Å². The van der Waals surface area contributed by atoms with Gasteiger partial charge in [-0.1, -0.05) is 23.7 Å². The number of hydrogen-bond acceptors (Lipinski definition) is 5. The predicted octanol–water partition coefficient (Wildman–Crippen LogP) is 3.31. The number of halogens is 1. The average Bonchev–Trinajstić information content (AvgIpc) is 2.56. The van der Waals surface area contributed by atoms with Crippen molar-refractivity contribution in [2.45, 2.75) is 18.7 Å². The number of methoxy groups -OCH3 is 1. The van der Waals surface area contributed by atoms with E-state index in [1.807, 2.05) is 26.0 Å². The second-order valence-corrected chi connectivity index (χ2v) is 7.47. The Hall–Kier alpha value is -2.25. The van der Waals surface area contributed by atoms with Crippen molar-refractivity contribution in [2.24, 2.45) is 0 Å². The largest absolute Gasteiger partial charge is 0.480 e. The van der Waals surface area contributed by atoms with E-state index in [1.54, 1.807) is 6.07 Å². The molecule has 8 heteroatoms. The second kappa shape index (κ2) is 7.76. The molecule has 1 N–H and O–H groups in total. The van der Waals surface area contributed by atoms with E-state index in [1.165, 1.54) is 25.3 Å². The Morgan fingerprint density at radius 3 is 2.52 bits per heavy atom. The van der Waals surface area contributed by atoms with Crippen LogP contribution in [0.5, 0.6) is 5.75 Å². The van der Waals surface area contributed by atoms with Gasteiger partial charge in [-0.2, -0.15) is 0 Å². The number of rotatable bonds is 6. The highest BCUT2D eigenvalue weighted by molar-refractivity contribution is 7.92. The number of benzene rings is 2. The lowest BCUT2D eigenvalue weighted by Gasteiger charge is -2.13. The van der Waals surface area contributed by atoms with Gasteiger partial charge >= 0.3 is 5.97 Å². The van der Waals surface area contributed by atoms with Crippen LogP contribution in [0.4, 0.5) is 5.69 Å². The minimum Gasteiger partial charge on any atom is -0.480 e. The number of anilines is 1. The third kappa shape index (κ3) is 4.87. The van der Waals surface area contributed by atoms with Gasteiger partial charge in [0.05, 0.1) is 22.7 Å². The fourth-order valence-corrected chi connectivity index (χ4v) is 3.46. The van der Waals surface area contributed by atoms with Gasteiger partial charge in [0, 0.05) is 0 Å². The fourth-order valence-electron chi connectivity index (χ4n) is 2.01. The number of nitrogens with one attached hydrogen (secondary N) is 1. The van der Waals surface area contributed by atoms with Crippen molar-refractivity contribution in [2.75, 3.05) is 18.4 Å². The molecule has 0 atom stereocenters. The molecular formula is C17H18ClNO5S. The highest BCUT2D eigenvalue weighted by atomic mass is 35.5. The Balaban J connectivity index is 2.23. The number of aryl methyl sites for hydroxylation is 2. The van der Waals surface area contributed by atoms with Crippen LogP contribution in [0.1, 0.15) is 11.1 Å². The lowest BCUT2D eigenvalue weighted by molar-refractivity contribution is -0.142. The summed E-state index contributed by atoms with van der Waals surface area (Å²) in [6.07, 6.45) is 0. The number of carbonyl (C=O) groups excluding carboxylic acids is 1. The van der Waals surface area contributed by atoms with Crippen LogP contribution in [0.15, 0.2) is 41.3 Å². The summed E-state index contributed by atoms with van der Waals surface area (Å²) in [6, 6.07) is 9.50. The van der Waals surface area contributed by atoms with E-state index in [9.17, 15) is 13.2 Å². The van der Waals surface area contributed by atoms with E-state index in [-0.39, 0.29) is 22.3 Å². The maximum Gasteiger partial charge on any atom is 0.343 e. The van der Waals surface area contributed by atoms with Crippen molar-refractivity contribution in [3.8, 4) is 5.75 Å². The van der Waals surface area contributed by atoms with Gasteiger partial charge in [-0.15, -0.1) is 0 Å². The van der Waals surface area contributed by atoms with Crippen LogP contribution in [0.25, 0.3) is 0 Å². The second-order valence-electron chi connectivity index (χ2n) is 5.38. The van der Waals surface area contributed by atoms with Gasteiger partial charge in [0.1, 0.15) is 5.75 Å². The van der Waals surface area contributed by atoms with E-state index in [0.717, 1.165) is 11.1 Å². The Labute approximate surface area is 151 Å². The smallest absolute Gasteiger partial charge is 0.343 e. The van der Waals surface area contributed by atoms with Crippen molar-refractivity contribution >= 4 is 33.3 Å². The number of hydrogen-bond donors (Lipinski definition) is 1. The van der Waals surface area contributed by atoms with Crippen molar-refractivity contribution < 1.29 is 22.7 Å². The number of carbonyl (C=O) groups is 1. The van der Waals surface area contributed by atoms with Crippen molar-refractivity contribution in [3.05, 3.63) is 52.5 Å². The van der Waals surface area contributed by atoms with Crippen LogP contribution in [-0.4, -0.2) is 28.1 Å². The molecule has 0 saturated heterocycles.